The van der Waals surface area contributed by atoms with Gasteiger partial charge in [0.05, 0.1) is 6.33 Å². The third-order valence-electron chi connectivity index (χ3n) is 5.99. The molecule has 3 aromatic rings. The van der Waals surface area contributed by atoms with Gasteiger partial charge in [-0.05, 0) is 56.1 Å². The Hall–Kier alpha value is -2.11. The Balaban J connectivity index is 1.45. The summed E-state index contributed by atoms with van der Waals surface area (Å²) in [6, 6.07) is 7.97. The van der Waals surface area contributed by atoms with Crippen LogP contribution in [0.2, 0.25) is 0 Å². The van der Waals surface area contributed by atoms with E-state index in [1.54, 1.807) is 0 Å². The number of benzene rings is 1. The molecule has 0 radical (unpaired) electrons. The Morgan fingerprint density at radius 3 is 3.08 bits per heavy atom. The van der Waals surface area contributed by atoms with Crippen molar-refractivity contribution in [3.63, 3.8) is 0 Å². The molecule has 0 bridgehead atoms. The van der Waals surface area contributed by atoms with Crippen molar-refractivity contribution >= 4 is 10.9 Å². The highest BCUT2D eigenvalue weighted by Crippen LogP contribution is 2.34. The van der Waals surface area contributed by atoms with Crippen LogP contribution in [-0.2, 0) is 6.42 Å². The molecule has 3 atom stereocenters. The number of rotatable bonds is 3. The fourth-order valence-corrected chi connectivity index (χ4v) is 4.61. The fourth-order valence-electron chi connectivity index (χ4n) is 4.61. The second-order valence-electron chi connectivity index (χ2n) is 7.26. The molecule has 5 nitrogen and oxygen atoms in total. The summed E-state index contributed by atoms with van der Waals surface area (Å²) in [7, 11) is 2.30. The molecule has 124 valence electrons. The first-order valence-corrected chi connectivity index (χ1v) is 8.80. The van der Waals surface area contributed by atoms with Gasteiger partial charge in [0.15, 0.2) is 0 Å². The predicted molar refractivity (Wildman–Crippen MR) is 95.4 cm³/mol. The average molecular weight is 321 g/mol. The van der Waals surface area contributed by atoms with Crippen molar-refractivity contribution in [3.05, 3.63) is 48.7 Å². The summed E-state index contributed by atoms with van der Waals surface area (Å²) in [4.78, 5) is 10.2. The number of nitrogens with one attached hydrogen (secondary N) is 2. The normalized spacial score (nSPS) is 27.1. The summed E-state index contributed by atoms with van der Waals surface area (Å²) in [6.07, 6.45) is 10.3. The fraction of sp³-hybridized carbons (Fsp3) is 0.421. The lowest BCUT2D eigenvalue weighted by Gasteiger charge is -2.24. The van der Waals surface area contributed by atoms with E-state index in [0.717, 1.165) is 24.9 Å². The molecule has 2 fully saturated rings. The van der Waals surface area contributed by atoms with Crippen molar-refractivity contribution in [2.45, 2.75) is 24.9 Å². The van der Waals surface area contributed by atoms with Crippen molar-refractivity contribution in [1.82, 2.24) is 24.8 Å². The van der Waals surface area contributed by atoms with E-state index in [9.17, 15) is 0 Å². The van der Waals surface area contributed by atoms with Gasteiger partial charge in [0.25, 0.3) is 0 Å². The van der Waals surface area contributed by atoms with Gasteiger partial charge in [-0.25, -0.2) is 4.98 Å². The molecule has 1 aromatic carbocycles. The Labute approximate surface area is 141 Å². The molecule has 2 saturated heterocycles. The third kappa shape index (κ3) is 2.19. The SMILES string of the molecule is CN1C(Cc2c[nH]c3ccc(-n4ccnc4)cc23)CC2CNCC21. The summed E-state index contributed by atoms with van der Waals surface area (Å²) < 4.78 is 2.06. The molecule has 5 heteroatoms. The minimum absolute atomic E-state index is 0.651. The molecule has 2 aromatic heterocycles. The molecule has 0 saturated carbocycles. The topological polar surface area (TPSA) is 48.9 Å². The first kappa shape index (κ1) is 14.3. The molecule has 4 heterocycles. The van der Waals surface area contributed by atoms with E-state index in [1.165, 1.54) is 35.1 Å². The van der Waals surface area contributed by atoms with Crippen molar-refractivity contribution in [3.8, 4) is 5.69 Å². The van der Waals surface area contributed by atoms with Gasteiger partial charge < -0.3 is 14.9 Å². The van der Waals surface area contributed by atoms with Crippen LogP contribution < -0.4 is 5.32 Å². The number of fused-ring (bicyclic) bond motifs is 2. The predicted octanol–water partition coefficient (Wildman–Crippen LogP) is 2.19. The Kier molecular flexibility index (Phi) is 3.24. The first-order valence-electron chi connectivity index (χ1n) is 8.80. The Morgan fingerprint density at radius 2 is 2.25 bits per heavy atom. The lowest BCUT2D eigenvalue weighted by Crippen LogP contribution is -2.36. The summed E-state index contributed by atoms with van der Waals surface area (Å²) in [5.41, 5.74) is 3.81. The number of hydrogen-bond acceptors (Lipinski definition) is 3. The number of likely N-dealkylation sites (N-methyl/N-ethyl adjacent to an activating group) is 1. The van der Waals surface area contributed by atoms with Crippen LogP contribution in [0.5, 0.6) is 0 Å². The molecular weight excluding hydrogens is 298 g/mol. The van der Waals surface area contributed by atoms with Gasteiger partial charge in [-0.1, -0.05) is 0 Å². The molecule has 2 aliphatic rings. The quantitative estimate of drug-likeness (QED) is 0.777. The van der Waals surface area contributed by atoms with Gasteiger partial charge >= 0.3 is 0 Å². The highest BCUT2D eigenvalue weighted by Gasteiger charge is 2.41. The molecule has 5 rings (SSSR count). The van der Waals surface area contributed by atoms with E-state index >= 15 is 0 Å². The van der Waals surface area contributed by atoms with Gasteiger partial charge in [-0.2, -0.15) is 0 Å². The number of aromatic amines is 1. The maximum atomic E-state index is 4.16. The molecule has 0 aliphatic carbocycles. The van der Waals surface area contributed by atoms with Gasteiger partial charge in [-0.15, -0.1) is 0 Å². The number of nitrogens with zero attached hydrogens (tertiary/aromatic N) is 3. The van der Waals surface area contributed by atoms with E-state index < -0.39 is 0 Å². The highest BCUT2D eigenvalue weighted by molar-refractivity contribution is 5.85. The molecule has 24 heavy (non-hydrogen) atoms. The van der Waals surface area contributed by atoms with Crippen LogP contribution >= 0.6 is 0 Å². The number of likely N-dealkylation sites (tertiary alicyclic amines) is 1. The maximum Gasteiger partial charge on any atom is 0.0991 e. The van der Waals surface area contributed by atoms with Gasteiger partial charge in [0.1, 0.15) is 0 Å². The monoisotopic (exact) mass is 321 g/mol. The molecule has 3 unspecified atom stereocenters. The van der Waals surface area contributed by atoms with Gasteiger partial charge in [-0.3, -0.25) is 4.90 Å². The van der Waals surface area contributed by atoms with E-state index in [1.807, 2.05) is 18.7 Å². The summed E-state index contributed by atoms with van der Waals surface area (Å²) in [6.45, 7) is 2.33. The van der Waals surface area contributed by atoms with E-state index in [-0.39, 0.29) is 0 Å². The van der Waals surface area contributed by atoms with Crippen LogP contribution in [0.3, 0.4) is 0 Å². The van der Waals surface area contributed by atoms with Gasteiger partial charge in [0, 0.05) is 53.8 Å². The zero-order valence-corrected chi connectivity index (χ0v) is 13.9. The molecule has 0 spiro atoms. The number of imidazole rings is 1. The van der Waals surface area contributed by atoms with Crippen molar-refractivity contribution < 1.29 is 0 Å². The number of hydrogen-bond donors (Lipinski definition) is 2. The standard InChI is InChI=1S/C19H23N5/c1-23-16(7-14-9-21-11-19(14)23)6-13-10-22-18-3-2-15(8-17(13)18)24-5-4-20-12-24/h2-5,8,10,12,14,16,19,21-22H,6-7,9,11H2,1H3. The van der Waals surface area contributed by atoms with Gasteiger partial charge in [0.2, 0.25) is 0 Å². The van der Waals surface area contributed by atoms with E-state index in [4.69, 9.17) is 0 Å². The lowest BCUT2D eigenvalue weighted by atomic mass is 9.98. The minimum atomic E-state index is 0.651. The van der Waals surface area contributed by atoms with Crippen LogP contribution in [0.25, 0.3) is 16.6 Å². The zero-order valence-electron chi connectivity index (χ0n) is 13.9. The summed E-state index contributed by atoms with van der Waals surface area (Å²) >= 11 is 0. The highest BCUT2D eigenvalue weighted by atomic mass is 15.2. The molecule has 2 N–H and O–H groups in total. The lowest BCUT2D eigenvalue weighted by molar-refractivity contribution is 0.241. The average Bonchev–Trinajstić information content (AvgIpc) is 3.36. The van der Waals surface area contributed by atoms with E-state index in [2.05, 4.69) is 56.2 Å². The molecular formula is C19H23N5. The van der Waals surface area contributed by atoms with Crippen molar-refractivity contribution in [1.29, 1.82) is 0 Å². The first-order chi connectivity index (χ1) is 11.8. The van der Waals surface area contributed by atoms with E-state index in [0.29, 0.717) is 6.04 Å². The van der Waals surface area contributed by atoms with Crippen LogP contribution in [-0.4, -0.2) is 51.7 Å². The molecule has 2 aliphatic heterocycles. The smallest absolute Gasteiger partial charge is 0.0991 e. The van der Waals surface area contributed by atoms with Crippen molar-refractivity contribution in [2.24, 2.45) is 5.92 Å². The van der Waals surface area contributed by atoms with Crippen LogP contribution in [0, 0.1) is 5.92 Å². The summed E-state index contributed by atoms with van der Waals surface area (Å²) in [5, 5.41) is 4.87. The third-order valence-corrected chi connectivity index (χ3v) is 5.99. The second kappa shape index (κ2) is 5.46. The number of H-pyrrole nitrogens is 1. The Bertz CT molecular complexity index is 850. The Morgan fingerprint density at radius 1 is 1.29 bits per heavy atom. The van der Waals surface area contributed by atoms with Crippen molar-refractivity contribution in [2.75, 3.05) is 20.1 Å². The van der Waals surface area contributed by atoms with Crippen LogP contribution in [0.4, 0.5) is 0 Å². The minimum Gasteiger partial charge on any atom is -0.361 e. The zero-order chi connectivity index (χ0) is 16.1. The van der Waals surface area contributed by atoms with Crippen LogP contribution in [0.15, 0.2) is 43.1 Å². The maximum absolute atomic E-state index is 4.16. The second-order valence-corrected chi connectivity index (χ2v) is 7.26. The largest absolute Gasteiger partial charge is 0.361 e. The molecule has 0 amide bonds. The summed E-state index contributed by atoms with van der Waals surface area (Å²) in [5.74, 6) is 0.826. The van der Waals surface area contributed by atoms with Crippen LogP contribution in [0.1, 0.15) is 12.0 Å². The number of aromatic nitrogens is 3.